The number of rotatable bonds is 36. The van der Waals surface area contributed by atoms with E-state index < -0.39 is 76.0 Å². The first-order valence-corrected chi connectivity index (χ1v) is 23.4. The lowest BCUT2D eigenvalue weighted by Crippen LogP contribution is -2.34. The fourth-order valence-electron chi connectivity index (χ4n) is 6.60. The third-order valence-electron chi connectivity index (χ3n) is 10.2. The van der Waals surface area contributed by atoms with Gasteiger partial charge in [0.1, 0.15) is 12.6 Å². The molecule has 0 heterocycles. The molecule has 0 bridgehead atoms. The van der Waals surface area contributed by atoms with E-state index in [9.17, 15) is 39.2 Å². The van der Waals surface area contributed by atoms with Gasteiger partial charge in [-0.2, -0.15) is 0 Å². The first-order valence-electron chi connectivity index (χ1n) is 21.9. The molecule has 1 aliphatic carbocycles. The lowest BCUT2D eigenvalue weighted by Gasteiger charge is -2.20. The van der Waals surface area contributed by atoms with Gasteiger partial charge in [0, 0.05) is 18.8 Å². The van der Waals surface area contributed by atoms with Crippen molar-refractivity contribution in [2.75, 3.05) is 19.8 Å². The Balaban J connectivity index is 2.55. The van der Waals surface area contributed by atoms with Gasteiger partial charge in [-0.1, -0.05) is 127 Å². The van der Waals surface area contributed by atoms with Crippen LogP contribution in [0.3, 0.4) is 0 Å². The smallest absolute Gasteiger partial charge is 0.472 e. The van der Waals surface area contributed by atoms with Crippen molar-refractivity contribution in [1.29, 1.82) is 0 Å². The third-order valence-corrected chi connectivity index (χ3v) is 11.1. The maximum atomic E-state index is 12.8. The maximum Gasteiger partial charge on any atom is 0.472 e. The van der Waals surface area contributed by atoms with E-state index in [1.54, 1.807) is 18.2 Å². The van der Waals surface area contributed by atoms with Gasteiger partial charge in [0.25, 0.3) is 0 Å². The number of aliphatic carboxylic acids is 1. The van der Waals surface area contributed by atoms with Crippen molar-refractivity contribution >= 4 is 25.7 Å². The second-order valence-electron chi connectivity index (χ2n) is 15.5. The number of carboxylic acids is 1. The molecule has 1 rings (SSSR count). The molecule has 14 nitrogen and oxygen atoms in total. The van der Waals surface area contributed by atoms with Crippen LogP contribution in [0.15, 0.2) is 48.6 Å². The summed E-state index contributed by atoms with van der Waals surface area (Å²) in [5, 5.41) is 40.3. The second-order valence-corrected chi connectivity index (χ2v) is 16.9. The van der Waals surface area contributed by atoms with E-state index >= 15 is 0 Å². The molecule has 8 atom stereocenters. The summed E-state index contributed by atoms with van der Waals surface area (Å²) in [4.78, 5) is 46.2. The summed E-state index contributed by atoms with van der Waals surface area (Å²) in [6.07, 6.45) is 30.2. The van der Waals surface area contributed by atoms with Crippen LogP contribution in [0.4, 0.5) is 0 Å². The first kappa shape index (κ1) is 54.3. The number of aliphatic hydroxyl groups is 3. The summed E-state index contributed by atoms with van der Waals surface area (Å²) in [7, 11) is -4.81. The number of aliphatic hydroxyl groups excluding tert-OH is 3. The number of carbonyl (C=O) groups is 3. The quantitative estimate of drug-likeness (QED) is 0.0153. The molecule has 0 saturated heterocycles. The highest BCUT2D eigenvalue weighted by atomic mass is 31.2. The Kier molecular flexibility index (Phi) is 31.3. The van der Waals surface area contributed by atoms with Crippen LogP contribution in [-0.4, -0.2) is 93.5 Å². The van der Waals surface area contributed by atoms with Gasteiger partial charge in [-0.15, -0.1) is 0 Å². The third kappa shape index (κ3) is 28.5. The van der Waals surface area contributed by atoms with Crippen LogP contribution >= 0.6 is 7.82 Å². The number of hydrogen-bond donors (Lipinski definition) is 6. The highest BCUT2D eigenvalue weighted by Crippen LogP contribution is 2.43. The number of unbranched alkanes of at least 4 members (excludes halogenated alkanes) is 12. The minimum Gasteiger partial charge on any atom is -0.480 e. The normalized spacial score (nSPS) is 21.1. The Labute approximate surface area is 352 Å². The lowest BCUT2D eigenvalue weighted by atomic mass is 9.89. The van der Waals surface area contributed by atoms with E-state index in [4.69, 9.17) is 24.8 Å². The van der Waals surface area contributed by atoms with Crippen LogP contribution in [0, 0.1) is 11.8 Å². The van der Waals surface area contributed by atoms with Crippen LogP contribution in [0.25, 0.3) is 0 Å². The predicted molar refractivity (Wildman–Crippen MR) is 228 cm³/mol. The topological polar surface area (TPSA) is 232 Å². The van der Waals surface area contributed by atoms with Gasteiger partial charge in [0.2, 0.25) is 0 Å². The number of phosphoric acid groups is 1. The van der Waals surface area contributed by atoms with Crippen molar-refractivity contribution in [2.45, 2.75) is 179 Å². The van der Waals surface area contributed by atoms with E-state index in [1.165, 1.54) is 25.3 Å². The average molecular weight is 858 g/mol. The number of carbonyl (C=O) groups excluding carboxylic acids is 2. The summed E-state index contributed by atoms with van der Waals surface area (Å²) in [5.74, 6) is -3.44. The number of hydrogen-bond acceptors (Lipinski definition) is 12. The summed E-state index contributed by atoms with van der Waals surface area (Å²) in [6.45, 7) is 2.32. The summed E-state index contributed by atoms with van der Waals surface area (Å²) in [6, 6.07) is -1.58. The Morgan fingerprint density at radius 2 is 1.37 bits per heavy atom. The van der Waals surface area contributed by atoms with Crippen LogP contribution < -0.4 is 5.73 Å². The predicted octanol–water partition coefficient (Wildman–Crippen LogP) is 7.77. The molecule has 7 N–H and O–H groups in total. The van der Waals surface area contributed by atoms with Crippen LogP contribution in [0.1, 0.15) is 149 Å². The molecule has 0 aromatic carbocycles. The number of carboxylic acid groups (broad SMARTS) is 1. The summed E-state index contributed by atoms with van der Waals surface area (Å²) < 4.78 is 32.6. The zero-order valence-electron chi connectivity index (χ0n) is 35.7. The van der Waals surface area contributed by atoms with Gasteiger partial charge in [0.05, 0.1) is 37.9 Å². The molecular formula is C44H76NO13P. The standard InChI is InChI=1S/C44H76NO13P/c1-3-5-7-8-9-10-11-12-13-14-15-16-17-18-19-20-22-27-42(49)55-32-36(33-56-59(53,54)57-34-39(45)44(51)52)58-43(50)28-24-23-26-37-38(41(48)31-40(37)47)30-29-35(46)25-21-6-4-2/h9-10,12-13,23-24,29-30,35-41,46-48H,3-8,11,14-22,25-28,31-34,45H2,1-2H3,(H,51,52)(H,53,54)/b10-9-,13-12-,24-23-,30-29+/t35-,36-,37+,38-,39+,40+,41-/m1/s1. The molecule has 59 heavy (non-hydrogen) atoms. The van der Waals surface area contributed by atoms with Gasteiger partial charge in [-0.25, -0.2) is 4.57 Å². The van der Waals surface area contributed by atoms with Crippen LogP contribution in [0.2, 0.25) is 0 Å². The molecular weight excluding hydrogens is 781 g/mol. The Morgan fingerprint density at radius 3 is 2.03 bits per heavy atom. The minimum atomic E-state index is -4.81. The van der Waals surface area contributed by atoms with Crippen LogP contribution in [-0.2, 0) is 37.5 Å². The molecule has 340 valence electrons. The SMILES string of the molecule is CCCCC/C=C\C/C=C\CCCCCCCCCC(=O)OC[C@H](COP(=O)(O)OC[C@H](N)C(=O)O)OC(=O)C/C=C\C[C@H]1[C@@H](/C=C/[C@H](O)CCCCC)[C@H](O)C[C@@H]1O. The zero-order valence-corrected chi connectivity index (χ0v) is 36.6. The van der Waals surface area contributed by atoms with Gasteiger partial charge in [0.15, 0.2) is 6.10 Å². The van der Waals surface area contributed by atoms with E-state index in [-0.39, 0.29) is 31.1 Å². The number of esters is 2. The van der Waals surface area contributed by atoms with Crippen LogP contribution in [0.5, 0.6) is 0 Å². The summed E-state index contributed by atoms with van der Waals surface area (Å²) >= 11 is 0. The number of ether oxygens (including phenoxy) is 2. The highest BCUT2D eigenvalue weighted by molar-refractivity contribution is 7.47. The Hall–Kier alpha value is -2.68. The van der Waals surface area contributed by atoms with E-state index in [0.29, 0.717) is 19.3 Å². The van der Waals surface area contributed by atoms with Crippen molar-refractivity contribution in [3.63, 3.8) is 0 Å². The average Bonchev–Trinajstić information content (AvgIpc) is 3.47. The van der Waals surface area contributed by atoms with E-state index in [0.717, 1.165) is 77.0 Å². The molecule has 0 aromatic heterocycles. The fraction of sp³-hybridized carbons (Fsp3) is 0.750. The van der Waals surface area contributed by atoms with Crippen molar-refractivity contribution in [2.24, 2.45) is 17.6 Å². The minimum absolute atomic E-state index is 0.145. The molecule has 0 radical (unpaired) electrons. The Bertz CT molecular complexity index is 1310. The number of nitrogens with two attached hydrogens (primary N) is 1. The largest absolute Gasteiger partial charge is 0.480 e. The molecule has 1 fully saturated rings. The van der Waals surface area contributed by atoms with Crippen molar-refractivity contribution in [3.05, 3.63) is 48.6 Å². The molecule has 0 aromatic rings. The van der Waals surface area contributed by atoms with Crippen molar-refractivity contribution < 1.29 is 62.8 Å². The molecule has 1 aliphatic rings. The van der Waals surface area contributed by atoms with Crippen molar-refractivity contribution in [3.8, 4) is 0 Å². The van der Waals surface area contributed by atoms with E-state index in [2.05, 4.69) is 42.7 Å². The second kappa shape index (κ2) is 34.0. The number of allylic oxidation sites excluding steroid dienone is 5. The van der Waals surface area contributed by atoms with Crippen molar-refractivity contribution in [1.82, 2.24) is 0 Å². The lowest BCUT2D eigenvalue weighted by molar-refractivity contribution is -0.160. The zero-order chi connectivity index (χ0) is 43.7. The molecule has 1 unspecified atom stereocenters. The van der Waals surface area contributed by atoms with Gasteiger partial charge >= 0.3 is 25.7 Å². The van der Waals surface area contributed by atoms with Gasteiger partial charge in [-0.05, 0) is 57.3 Å². The maximum absolute atomic E-state index is 12.8. The summed E-state index contributed by atoms with van der Waals surface area (Å²) in [5.41, 5.74) is 5.33. The first-order chi connectivity index (χ1) is 28.3. The van der Waals surface area contributed by atoms with Gasteiger partial charge < -0.3 is 40.5 Å². The van der Waals surface area contributed by atoms with Gasteiger partial charge in [-0.3, -0.25) is 23.4 Å². The molecule has 1 saturated carbocycles. The fourth-order valence-corrected chi connectivity index (χ4v) is 7.38. The molecule has 15 heteroatoms. The molecule has 0 aliphatic heterocycles. The Morgan fingerprint density at radius 1 is 0.763 bits per heavy atom. The molecule has 0 spiro atoms. The number of phosphoric ester groups is 1. The highest BCUT2D eigenvalue weighted by Gasteiger charge is 2.39. The molecule has 0 amide bonds. The monoisotopic (exact) mass is 858 g/mol. The van der Waals surface area contributed by atoms with E-state index in [1.807, 2.05) is 0 Å².